The van der Waals surface area contributed by atoms with Crippen LogP contribution in [0.3, 0.4) is 0 Å². The van der Waals surface area contributed by atoms with Crippen LogP contribution < -0.4 is 5.32 Å². The number of piperidine rings is 1. The van der Waals surface area contributed by atoms with Gasteiger partial charge in [0.1, 0.15) is 10.7 Å². The Morgan fingerprint density at radius 3 is 2.32 bits per heavy atom. The number of anilines is 1. The fourth-order valence-corrected chi connectivity index (χ4v) is 5.94. The monoisotopic (exact) mass is 508 g/mol. The molecule has 1 fully saturated rings. The number of rotatable bonds is 4. The number of benzene rings is 2. The first-order valence-electron chi connectivity index (χ1n) is 8.40. The first-order chi connectivity index (χ1) is 13.2. The molecule has 0 unspecified atom stereocenters. The van der Waals surface area contributed by atoms with Crippen LogP contribution >= 0.6 is 39.1 Å². The van der Waals surface area contributed by atoms with Crippen molar-refractivity contribution in [2.75, 3.05) is 18.4 Å². The number of hydrogen-bond donors (Lipinski definition) is 1. The second kappa shape index (κ2) is 8.67. The summed E-state index contributed by atoms with van der Waals surface area (Å²) < 4.78 is 41.5. The van der Waals surface area contributed by atoms with Gasteiger partial charge >= 0.3 is 0 Å². The summed E-state index contributed by atoms with van der Waals surface area (Å²) in [6.07, 6.45) is 0.622. The van der Waals surface area contributed by atoms with Crippen LogP contribution in [-0.4, -0.2) is 31.7 Å². The van der Waals surface area contributed by atoms with E-state index in [0.29, 0.717) is 17.3 Å². The van der Waals surface area contributed by atoms with Crippen LogP contribution in [0.5, 0.6) is 0 Å². The first-order valence-corrected chi connectivity index (χ1v) is 11.4. The summed E-state index contributed by atoms with van der Waals surface area (Å²) in [6, 6.07) is 8.86. The van der Waals surface area contributed by atoms with Gasteiger partial charge in [0.15, 0.2) is 0 Å². The Hall–Kier alpha value is -1.19. The number of carbonyl (C=O) groups excluding carboxylic acids is 1. The summed E-state index contributed by atoms with van der Waals surface area (Å²) in [5.74, 6) is -1.30. The number of amides is 1. The maximum atomic E-state index is 13.9. The smallest absolute Gasteiger partial charge is 0.246 e. The van der Waals surface area contributed by atoms with Gasteiger partial charge in [0.2, 0.25) is 15.9 Å². The number of nitrogens with zero attached hydrogens (tertiary/aromatic N) is 1. The Labute approximate surface area is 181 Å². The molecule has 2 aromatic rings. The van der Waals surface area contributed by atoms with Crippen LogP contribution in [-0.2, 0) is 14.8 Å². The summed E-state index contributed by atoms with van der Waals surface area (Å²) in [7, 11) is -3.87. The molecule has 0 aliphatic carbocycles. The molecule has 10 heteroatoms. The standard InChI is InChI=1S/C18H16BrCl2FN2O3S/c19-12-4-5-16(15(22)10-12)23-18(25)11-6-8-24(9-7-11)28(26,27)17-13(20)2-1-3-14(17)21/h1-5,10-11H,6-9H2,(H,23,25). The number of sulfonamides is 1. The molecule has 1 N–H and O–H groups in total. The zero-order valence-corrected chi connectivity index (χ0v) is 18.4. The maximum absolute atomic E-state index is 13.9. The Bertz CT molecular complexity index is 992. The highest BCUT2D eigenvalue weighted by Gasteiger charge is 2.34. The molecule has 0 radical (unpaired) electrons. The second-order valence-corrected chi connectivity index (χ2v) is 9.95. The van der Waals surface area contributed by atoms with Gasteiger partial charge in [0.25, 0.3) is 0 Å². The predicted octanol–water partition coefficient (Wildman–Crippen LogP) is 4.93. The summed E-state index contributed by atoms with van der Waals surface area (Å²) in [5.41, 5.74) is 0.0890. The Kier molecular flexibility index (Phi) is 6.66. The van der Waals surface area contributed by atoms with Crippen molar-refractivity contribution in [2.24, 2.45) is 5.92 Å². The van der Waals surface area contributed by atoms with E-state index < -0.39 is 21.8 Å². The molecular formula is C18H16BrCl2FN2O3S. The molecule has 2 aromatic carbocycles. The van der Waals surface area contributed by atoms with Crippen LogP contribution in [0.4, 0.5) is 10.1 Å². The fraction of sp³-hybridized carbons (Fsp3) is 0.278. The summed E-state index contributed by atoms with van der Waals surface area (Å²) in [6.45, 7) is 0.287. The molecule has 5 nitrogen and oxygen atoms in total. The van der Waals surface area contributed by atoms with E-state index in [1.165, 1.54) is 28.6 Å². The predicted molar refractivity (Wildman–Crippen MR) is 111 cm³/mol. The Balaban J connectivity index is 1.68. The van der Waals surface area contributed by atoms with Gasteiger partial charge in [0.05, 0.1) is 15.7 Å². The molecule has 1 amide bonds. The molecule has 0 saturated carbocycles. The molecule has 3 rings (SSSR count). The highest BCUT2D eigenvalue weighted by molar-refractivity contribution is 9.10. The third-order valence-corrected chi connectivity index (χ3v) is 7.88. The number of nitrogens with one attached hydrogen (secondary N) is 1. The van der Waals surface area contributed by atoms with Crippen molar-refractivity contribution in [3.8, 4) is 0 Å². The van der Waals surface area contributed by atoms with E-state index in [1.807, 2.05) is 0 Å². The molecule has 1 aliphatic heterocycles. The lowest BCUT2D eigenvalue weighted by atomic mass is 9.97. The van der Waals surface area contributed by atoms with Crippen molar-refractivity contribution < 1.29 is 17.6 Å². The van der Waals surface area contributed by atoms with Crippen molar-refractivity contribution >= 4 is 60.7 Å². The van der Waals surface area contributed by atoms with E-state index in [4.69, 9.17) is 23.2 Å². The summed E-state index contributed by atoms with van der Waals surface area (Å²) in [4.78, 5) is 12.3. The van der Waals surface area contributed by atoms with Gasteiger partial charge in [-0.05, 0) is 43.2 Å². The zero-order chi connectivity index (χ0) is 20.5. The highest BCUT2D eigenvalue weighted by Crippen LogP contribution is 2.33. The second-order valence-electron chi connectivity index (χ2n) is 6.34. The molecule has 1 saturated heterocycles. The molecular weight excluding hydrogens is 494 g/mol. The molecule has 0 atom stereocenters. The minimum atomic E-state index is -3.87. The van der Waals surface area contributed by atoms with Gasteiger partial charge in [-0.2, -0.15) is 4.31 Å². The van der Waals surface area contributed by atoms with Gasteiger partial charge in [0, 0.05) is 23.5 Å². The third-order valence-electron chi connectivity index (χ3n) is 4.53. The number of hydrogen-bond acceptors (Lipinski definition) is 3. The van der Waals surface area contributed by atoms with E-state index >= 15 is 0 Å². The summed E-state index contributed by atoms with van der Waals surface area (Å²) >= 11 is 15.2. The molecule has 0 aromatic heterocycles. The molecule has 0 bridgehead atoms. The lowest BCUT2D eigenvalue weighted by Gasteiger charge is -2.31. The molecule has 1 aliphatic rings. The van der Waals surface area contributed by atoms with Gasteiger partial charge in [-0.3, -0.25) is 4.79 Å². The topological polar surface area (TPSA) is 66.5 Å². The van der Waals surface area contributed by atoms with Crippen LogP contribution in [0.1, 0.15) is 12.8 Å². The number of carbonyl (C=O) groups is 1. The van der Waals surface area contributed by atoms with Crippen molar-refractivity contribution in [1.29, 1.82) is 0 Å². The van der Waals surface area contributed by atoms with Gasteiger partial charge in [-0.15, -0.1) is 0 Å². The van der Waals surface area contributed by atoms with Gasteiger partial charge in [-0.25, -0.2) is 12.8 Å². The van der Waals surface area contributed by atoms with Gasteiger partial charge < -0.3 is 5.32 Å². The van der Waals surface area contributed by atoms with Crippen molar-refractivity contribution in [2.45, 2.75) is 17.7 Å². The molecule has 28 heavy (non-hydrogen) atoms. The molecule has 1 heterocycles. The third kappa shape index (κ3) is 4.52. The average molecular weight is 510 g/mol. The van der Waals surface area contributed by atoms with Crippen molar-refractivity contribution in [3.63, 3.8) is 0 Å². The maximum Gasteiger partial charge on any atom is 0.246 e. The van der Waals surface area contributed by atoms with E-state index in [0.717, 1.165) is 0 Å². The van der Waals surface area contributed by atoms with Gasteiger partial charge in [-0.1, -0.05) is 45.2 Å². The van der Waals surface area contributed by atoms with E-state index in [1.54, 1.807) is 12.1 Å². The molecule has 150 valence electrons. The summed E-state index contributed by atoms with van der Waals surface area (Å²) in [5, 5.41) is 2.67. The quantitative estimate of drug-likeness (QED) is 0.635. The Morgan fingerprint density at radius 2 is 1.75 bits per heavy atom. The van der Waals surface area contributed by atoms with Crippen LogP contribution in [0, 0.1) is 11.7 Å². The van der Waals surface area contributed by atoms with Crippen LogP contribution in [0.25, 0.3) is 0 Å². The van der Waals surface area contributed by atoms with Crippen LogP contribution in [0.15, 0.2) is 45.8 Å². The SMILES string of the molecule is O=C(Nc1ccc(Br)cc1F)C1CCN(S(=O)(=O)c2c(Cl)cccc2Cl)CC1. The lowest BCUT2D eigenvalue weighted by molar-refractivity contribution is -0.120. The van der Waals surface area contributed by atoms with E-state index in [2.05, 4.69) is 21.2 Å². The van der Waals surface area contributed by atoms with Crippen molar-refractivity contribution in [1.82, 2.24) is 4.31 Å². The zero-order valence-electron chi connectivity index (χ0n) is 14.5. The minimum Gasteiger partial charge on any atom is -0.323 e. The van der Waals surface area contributed by atoms with Crippen molar-refractivity contribution in [3.05, 3.63) is 56.7 Å². The average Bonchev–Trinajstić information content (AvgIpc) is 2.64. The highest BCUT2D eigenvalue weighted by atomic mass is 79.9. The Morgan fingerprint density at radius 1 is 1.14 bits per heavy atom. The lowest BCUT2D eigenvalue weighted by Crippen LogP contribution is -2.41. The largest absolute Gasteiger partial charge is 0.323 e. The van der Waals surface area contributed by atoms with E-state index in [9.17, 15) is 17.6 Å². The fourth-order valence-electron chi connectivity index (χ4n) is 3.04. The van der Waals surface area contributed by atoms with Crippen LogP contribution in [0.2, 0.25) is 10.0 Å². The number of halogens is 4. The normalized spacial score (nSPS) is 16.1. The van der Waals surface area contributed by atoms with E-state index in [-0.39, 0.29) is 39.6 Å². The first kappa shape index (κ1) is 21.5. The molecule has 0 spiro atoms. The minimum absolute atomic E-state index is 0.0538.